The minimum absolute atomic E-state index is 0.272. The summed E-state index contributed by atoms with van der Waals surface area (Å²) in [6, 6.07) is 59.4. The lowest BCUT2D eigenvalue weighted by Gasteiger charge is -2.43. The molecule has 10 rings (SSSR count). The highest BCUT2D eigenvalue weighted by atomic mass is 15.0. The Morgan fingerprint density at radius 3 is 1.32 bits per heavy atom. The molecule has 0 saturated heterocycles. The Kier molecular flexibility index (Phi) is 7.30. The maximum absolute atomic E-state index is 9.61. The van der Waals surface area contributed by atoms with E-state index in [0.717, 1.165) is 72.3 Å². The predicted molar refractivity (Wildman–Crippen MR) is 231 cm³/mol. The van der Waals surface area contributed by atoms with Crippen molar-refractivity contribution in [2.45, 2.75) is 44.8 Å². The maximum Gasteiger partial charge on any atom is 0.164 e. The molecule has 3 nitrogen and oxygen atoms in total. The summed E-state index contributed by atoms with van der Waals surface area (Å²) >= 11 is 0. The van der Waals surface area contributed by atoms with Crippen molar-refractivity contribution in [2.24, 2.45) is 5.41 Å². The van der Waals surface area contributed by atoms with E-state index in [0.29, 0.717) is 17.5 Å². The Morgan fingerprint density at radius 2 is 0.768 bits per heavy atom. The van der Waals surface area contributed by atoms with Crippen LogP contribution in [0.5, 0.6) is 0 Å². The molecule has 1 fully saturated rings. The zero-order chi connectivity index (χ0) is 41.3. The van der Waals surface area contributed by atoms with Crippen molar-refractivity contribution in [3.05, 3.63) is 187 Å². The molecule has 1 aromatic heterocycles. The van der Waals surface area contributed by atoms with Gasteiger partial charge in [-0.2, -0.15) is 0 Å². The van der Waals surface area contributed by atoms with Gasteiger partial charge in [-0.1, -0.05) is 172 Å². The van der Waals surface area contributed by atoms with Crippen molar-refractivity contribution < 1.29 is 5.48 Å². The minimum Gasteiger partial charge on any atom is -0.208 e. The van der Waals surface area contributed by atoms with E-state index in [9.17, 15) is 5.48 Å². The number of rotatable bonds is 6. The van der Waals surface area contributed by atoms with Crippen LogP contribution in [0.15, 0.2) is 176 Å². The van der Waals surface area contributed by atoms with Gasteiger partial charge in [0.2, 0.25) is 0 Å². The molecule has 0 bridgehead atoms. The van der Waals surface area contributed by atoms with Crippen LogP contribution in [0.2, 0.25) is 0 Å². The Morgan fingerprint density at radius 1 is 0.375 bits per heavy atom. The van der Waals surface area contributed by atoms with E-state index in [1.165, 1.54) is 0 Å². The summed E-state index contributed by atoms with van der Waals surface area (Å²) in [5.74, 6) is 1.87. The van der Waals surface area contributed by atoms with Gasteiger partial charge in [0.05, 0.1) is 0 Å². The lowest BCUT2D eigenvalue weighted by atomic mass is 9.61. The van der Waals surface area contributed by atoms with Crippen LogP contribution in [0.1, 0.15) is 56.0 Å². The first-order valence-corrected chi connectivity index (χ1v) is 19.4. The summed E-state index contributed by atoms with van der Waals surface area (Å²) in [6.45, 7) is 3.98. The molecule has 56 heavy (non-hydrogen) atoms. The SMILES string of the molecule is [2H]C1([2H])CC(C)(C)CC([2H])([2H])C12c1ccccc1-c1ccc(-c3cccc(-c4cccc(-c5ccc(-c6nc(-c7ccccc7)nc(-c7ccccc7)n6)cc5)c4)c3)cc12. The largest absolute Gasteiger partial charge is 0.208 e. The molecule has 8 aromatic rings. The molecule has 0 radical (unpaired) electrons. The van der Waals surface area contributed by atoms with E-state index in [-0.39, 0.29) is 12.8 Å². The normalized spacial score (nSPS) is 17.8. The van der Waals surface area contributed by atoms with Crippen LogP contribution in [0.25, 0.3) is 78.7 Å². The summed E-state index contributed by atoms with van der Waals surface area (Å²) in [5.41, 5.74) is 10.4. The zero-order valence-corrected chi connectivity index (χ0v) is 31.5. The Balaban J connectivity index is 0.985. The molecule has 1 saturated carbocycles. The predicted octanol–water partition coefficient (Wildman–Crippen LogP) is 13.7. The molecule has 3 heteroatoms. The van der Waals surface area contributed by atoms with Gasteiger partial charge in [-0.05, 0) is 105 Å². The monoisotopic (exact) mass is 725 g/mol. The van der Waals surface area contributed by atoms with Crippen LogP contribution in [0, 0.1) is 5.41 Å². The second-order valence-corrected chi connectivity index (χ2v) is 15.7. The molecule has 0 aliphatic heterocycles. The number of nitrogens with zero attached hydrogens (tertiary/aromatic N) is 3. The molecule has 1 heterocycles. The fourth-order valence-corrected chi connectivity index (χ4v) is 8.21. The van der Waals surface area contributed by atoms with Crippen molar-refractivity contribution in [2.75, 3.05) is 0 Å². The number of hydrogen-bond donors (Lipinski definition) is 0. The van der Waals surface area contributed by atoms with Gasteiger partial charge in [0.25, 0.3) is 0 Å². The Bertz CT molecular complexity index is 2830. The molecule has 0 amide bonds. The summed E-state index contributed by atoms with van der Waals surface area (Å²) in [6.07, 6.45) is -3.09. The molecule has 2 aliphatic rings. The fourth-order valence-electron chi connectivity index (χ4n) is 8.21. The summed E-state index contributed by atoms with van der Waals surface area (Å²) in [4.78, 5) is 14.6. The Labute approximate surface area is 335 Å². The van der Waals surface area contributed by atoms with E-state index in [4.69, 9.17) is 15.0 Å². The molecular weight excluding hydrogens is 679 g/mol. The summed E-state index contributed by atoms with van der Waals surface area (Å²) in [5, 5.41) is 0. The van der Waals surface area contributed by atoms with Gasteiger partial charge >= 0.3 is 0 Å². The average Bonchev–Trinajstić information content (AvgIpc) is 3.58. The van der Waals surface area contributed by atoms with Crippen LogP contribution in [-0.2, 0) is 5.41 Å². The van der Waals surface area contributed by atoms with E-state index in [1.54, 1.807) is 0 Å². The van der Waals surface area contributed by atoms with Crippen molar-refractivity contribution >= 4 is 0 Å². The molecule has 2 aliphatic carbocycles. The second-order valence-electron chi connectivity index (χ2n) is 15.7. The minimum atomic E-state index is -1.82. The summed E-state index contributed by atoms with van der Waals surface area (Å²) < 4.78 is 38.4. The molecule has 270 valence electrons. The Hall–Kier alpha value is -6.45. The third kappa shape index (κ3) is 6.14. The van der Waals surface area contributed by atoms with Crippen LogP contribution in [0.3, 0.4) is 0 Å². The lowest BCUT2D eigenvalue weighted by molar-refractivity contribution is 0.188. The molecule has 7 aromatic carbocycles. The summed E-state index contributed by atoms with van der Waals surface area (Å²) in [7, 11) is 0. The van der Waals surface area contributed by atoms with Crippen molar-refractivity contribution in [1.82, 2.24) is 15.0 Å². The van der Waals surface area contributed by atoms with E-state index in [1.807, 2.05) is 98.8 Å². The lowest BCUT2D eigenvalue weighted by Crippen LogP contribution is -2.34. The van der Waals surface area contributed by atoms with Crippen molar-refractivity contribution in [1.29, 1.82) is 0 Å². The molecule has 1 spiro atoms. The quantitative estimate of drug-likeness (QED) is 0.171. The number of hydrogen-bond acceptors (Lipinski definition) is 3. The molecule has 0 atom stereocenters. The standard InChI is InChI=1S/C53H43N3/c1-52(2)29-31-53(32-30-52)47-22-10-9-21-45(47)46-28-27-44(35-48(46)53)43-20-12-19-42(34-43)41-18-11-17-40(33-41)36-23-25-39(26-24-36)51-55-49(37-13-5-3-6-14-37)54-50(56-51)38-15-7-4-8-16-38/h3-28,33-35H,29-32H2,1-2H3/i31D2,32D2. The smallest absolute Gasteiger partial charge is 0.164 e. The first kappa shape index (κ1) is 29.9. The van der Waals surface area contributed by atoms with Crippen LogP contribution >= 0.6 is 0 Å². The van der Waals surface area contributed by atoms with E-state index < -0.39 is 23.6 Å². The third-order valence-corrected chi connectivity index (χ3v) is 11.3. The maximum atomic E-state index is 9.61. The third-order valence-electron chi connectivity index (χ3n) is 11.3. The number of fused-ring (bicyclic) bond motifs is 5. The first-order chi connectivity index (χ1) is 28.9. The van der Waals surface area contributed by atoms with Gasteiger partial charge in [-0.3, -0.25) is 0 Å². The van der Waals surface area contributed by atoms with Crippen molar-refractivity contribution in [3.63, 3.8) is 0 Å². The highest BCUT2D eigenvalue weighted by molar-refractivity contribution is 5.85. The van der Waals surface area contributed by atoms with Gasteiger partial charge in [-0.15, -0.1) is 0 Å². The van der Waals surface area contributed by atoms with Gasteiger partial charge in [0, 0.05) is 27.6 Å². The van der Waals surface area contributed by atoms with Gasteiger partial charge < -0.3 is 0 Å². The first-order valence-electron chi connectivity index (χ1n) is 21.4. The topological polar surface area (TPSA) is 38.7 Å². The van der Waals surface area contributed by atoms with Crippen LogP contribution in [-0.4, -0.2) is 15.0 Å². The van der Waals surface area contributed by atoms with Crippen LogP contribution < -0.4 is 0 Å². The van der Waals surface area contributed by atoms with E-state index >= 15 is 0 Å². The highest BCUT2D eigenvalue weighted by Gasteiger charge is 2.46. The number of aromatic nitrogens is 3. The molecule has 0 unspecified atom stereocenters. The average molecular weight is 726 g/mol. The van der Waals surface area contributed by atoms with Gasteiger partial charge in [0.15, 0.2) is 17.5 Å². The molecular formula is C53H43N3. The van der Waals surface area contributed by atoms with E-state index in [2.05, 4.69) is 91.0 Å². The second kappa shape index (κ2) is 13.7. The van der Waals surface area contributed by atoms with Crippen molar-refractivity contribution in [3.8, 4) is 78.7 Å². The van der Waals surface area contributed by atoms with Crippen LogP contribution in [0.4, 0.5) is 0 Å². The fraction of sp³-hybridized carbons (Fsp3) is 0.151. The van der Waals surface area contributed by atoms with Gasteiger partial charge in [-0.25, -0.2) is 15.0 Å². The number of benzene rings is 7. The molecule has 0 N–H and O–H groups in total. The highest BCUT2D eigenvalue weighted by Crippen LogP contribution is 2.58. The zero-order valence-electron chi connectivity index (χ0n) is 35.5. The van der Waals surface area contributed by atoms with Gasteiger partial charge in [0.1, 0.15) is 0 Å².